The van der Waals surface area contributed by atoms with Gasteiger partial charge in [0.2, 0.25) is 0 Å². The summed E-state index contributed by atoms with van der Waals surface area (Å²) in [6.07, 6.45) is 3.52. The topological polar surface area (TPSA) is 73.0 Å². The molecule has 0 bridgehead atoms. The minimum absolute atomic E-state index is 0.186. The minimum Gasteiger partial charge on any atom is -0.457 e. The highest BCUT2D eigenvalue weighted by atomic mass is 79.9. The molecule has 1 N–H and O–H groups in total. The number of fused-ring (bicyclic) bond motifs is 1. The van der Waals surface area contributed by atoms with Crippen molar-refractivity contribution in [3.05, 3.63) is 34.2 Å². The number of carbonyl (C=O) groups is 1. The Hall–Kier alpha value is -1.63. The fraction of sp³-hybridized carbons (Fsp3) is 0.417. The first-order chi connectivity index (χ1) is 9.16. The summed E-state index contributed by atoms with van der Waals surface area (Å²) in [6.45, 7) is 2.83. The molecular weight excluding hydrogens is 312 g/mol. The fourth-order valence-corrected chi connectivity index (χ4v) is 2.71. The average Bonchev–Trinajstić information content (AvgIpc) is 3.02. The molecule has 0 radical (unpaired) electrons. The van der Waals surface area contributed by atoms with Crippen molar-refractivity contribution >= 4 is 21.8 Å². The van der Waals surface area contributed by atoms with Crippen molar-refractivity contribution in [3.8, 4) is 0 Å². The van der Waals surface area contributed by atoms with Gasteiger partial charge in [-0.2, -0.15) is 0 Å². The van der Waals surface area contributed by atoms with Gasteiger partial charge in [-0.1, -0.05) is 0 Å². The number of aryl methyl sites for hydroxylation is 1. The van der Waals surface area contributed by atoms with E-state index >= 15 is 0 Å². The average molecular weight is 325 g/mol. The van der Waals surface area contributed by atoms with Crippen LogP contribution in [0.15, 0.2) is 21.4 Å². The van der Waals surface area contributed by atoms with Gasteiger partial charge in [-0.25, -0.2) is 0 Å². The van der Waals surface area contributed by atoms with Gasteiger partial charge in [0.25, 0.3) is 5.91 Å². The Balaban J connectivity index is 1.76. The van der Waals surface area contributed by atoms with Crippen molar-refractivity contribution in [2.75, 3.05) is 0 Å². The third kappa shape index (κ3) is 2.18. The Bertz CT molecular complexity index is 619. The summed E-state index contributed by atoms with van der Waals surface area (Å²) >= 11 is 3.19. The molecule has 0 spiro atoms. The Morgan fingerprint density at radius 1 is 1.58 bits per heavy atom. The SMILES string of the molecule is CC(NC(=O)c1ccoc1Br)c1nnc2n1CCC2. The molecule has 7 heteroatoms. The lowest BCUT2D eigenvalue weighted by Crippen LogP contribution is -2.28. The molecule has 0 aliphatic carbocycles. The molecule has 0 aromatic carbocycles. The van der Waals surface area contributed by atoms with E-state index in [0.29, 0.717) is 10.2 Å². The van der Waals surface area contributed by atoms with Crippen LogP contribution in [-0.4, -0.2) is 20.7 Å². The molecule has 1 amide bonds. The van der Waals surface area contributed by atoms with E-state index in [9.17, 15) is 4.79 Å². The third-order valence-electron chi connectivity index (χ3n) is 3.24. The number of hydrogen-bond acceptors (Lipinski definition) is 4. The van der Waals surface area contributed by atoms with Crippen molar-refractivity contribution in [2.45, 2.75) is 32.4 Å². The summed E-state index contributed by atoms with van der Waals surface area (Å²) in [5.74, 6) is 1.62. The first-order valence-electron chi connectivity index (χ1n) is 6.12. The highest BCUT2D eigenvalue weighted by molar-refractivity contribution is 9.10. The van der Waals surface area contributed by atoms with Crippen LogP contribution in [0.5, 0.6) is 0 Å². The minimum atomic E-state index is -0.191. The molecule has 3 heterocycles. The van der Waals surface area contributed by atoms with Crippen LogP contribution in [0, 0.1) is 0 Å². The molecule has 0 saturated heterocycles. The van der Waals surface area contributed by atoms with Crippen molar-refractivity contribution < 1.29 is 9.21 Å². The lowest BCUT2D eigenvalue weighted by atomic mass is 10.2. The number of halogens is 1. The van der Waals surface area contributed by atoms with E-state index in [-0.39, 0.29) is 11.9 Å². The second-order valence-electron chi connectivity index (χ2n) is 4.53. The van der Waals surface area contributed by atoms with Gasteiger partial charge in [0, 0.05) is 13.0 Å². The number of aromatic nitrogens is 3. The van der Waals surface area contributed by atoms with Gasteiger partial charge < -0.3 is 14.3 Å². The van der Waals surface area contributed by atoms with Crippen LogP contribution >= 0.6 is 15.9 Å². The van der Waals surface area contributed by atoms with E-state index < -0.39 is 0 Å². The Morgan fingerprint density at radius 2 is 2.42 bits per heavy atom. The summed E-state index contributed by atoms with van der Waals surface area (Å²) in [6, 6.07) is 1.44. The number of amides is 1. The van der Waals surface area contributed by atoms with Gasteiger partial charge in [-0.05, 0) is 35.3 Å². The summed E-state index contributed by atoms with van der Waals surface area (Å²) in [5.41, 5.74) is 0.480. The van der Waals surface area contributed by atoms with E-state index in [0.717, 1.165) is 31.0 Å². The molecule has 1 unspecified atom stereocenters. The van der Waals surface area contributed by atoms with Crippen molar-refractivity contribution in [2.24, 2.45) is 0 Å². The maximum Gasteiger partial charge on any atom is 0.256 e. The van der Waals surface area contributed by atoms with Gasteiger partial charge in [-0.15, -0.1) is 10.2 Å². The monoisotopic (exact) mass is 324 g/mol. The van der Waals surface area contributed by atoms with Gasteiger partial charge in [0.15, 0.2) is 10.5 Å². The normalized spacial score (nSPS) is 15.3. The number of rotatable bonds is 3. The zero-order valence-electron chi connectivity index (χ0n) is 10.4. The lowest BCUT2D eigenvalue weighted by Gasteiger charge is -2.13. The molecule has 2 aromatic heterocycles. The third-order valence-corrected chi connectivity index (χ3v) is 3.85. The van der Waals surface area contributed by atoms with Crippen molar-refractivity contribution in [1.82, 2.24) is 20.1 Å². The molecule has 0 saturated carbocycles. The fourth-order valence-electron chi connectivity index (χ4n) is 2.29. The molecule has 19 heavy (non-hydrogen) atoms. The second-order valence-corrected chi connectivity index (χ2v) is 5.25. The molecule has 100 valence electrons. The predicted octanol–water partition coefficient (Wildman–Crippen LogP) is 2.07. The van der Waals surface area contributed by atoms with E-state index in [1.165, 1.54) is 6.26 Å². The maximum absolute atomic E-state index is 12.1. The molecular formula is C12H13BrN4O2. The lowest BCUT2D eigenvalue weighted by molar-refractivity contribution is 0.0936. The number of carbonyl (C=O) groups excluding carboxylic acids is 1. The van der Waals surface area contributed by atoms with Gasteiger partial charge in [0.05, 0.1) is 17.9 Å². The maximum atomic E-state index is 12.1. The number of nitrogens with one attached hydrogen (secondary N) is 1. The Labute approximate surface area is 118 Å². The van der Waals surface area contributed by atoms with Crippen molar-refractivity contribution in [3.63, 3.8) is 0 Å². The molecule has 6 nitrogen and oxygen atoms in total. The van der Waals surface area contributed by atoms with Crippen LogP contribution in [0.3, 0.4) is 0 Å². The first-order valence-corrected chi connectivity index (χ1v) is 6.92. The van der Waals surface area contributed by atoms with Crippen LogP contribution in [0.1, 0.15) is 41.4 Å². The van der Waals surface area contributed by atoms with Gasteiger partial charge in [-0.3, -0.25) is 4.79 Å². The van der Waals surface area contributed by atoms with Crippen LogP contribution < -0.4 is 5.32 Å². The largest absolute Gasteiger partial charge is 0.457 e. The standard InChI is InChI=1S/C12H13BrN4O2/c1-7(11-16-15-9-3-2-5-17(9)11)14-12(18)8-4-6-19-10(8)13/h4,6-7H,2-3,5H2,1H3,(H,14,18). The molecule has 3 rings (SSSR count). The van der Waals surface area contributed by atoms with Crippen LogP contribution in [0.2, 0.25) is 0 Å². The summed E-state index contributed by atoms with van der Waals surface area (Å²) in [7, 11) is 0. The van der Waals surface area contributed by atoms with Crippen LogP contribution in [-0.2, 0) is 13.0 Å². The van der Waals surface area contributed by atoms with Gasteiger partial charge in [0.1, 0.15) is 5.82 Å². The van der Waals surface area contributed by atoms with E-state index in [2.05, 4.69) is 36.0 Å². The summed E-state index contributed by atoms with van der Waals surface area (Å²) in [5, 5.41) is 11.2. The first kappa shape index (κ1) is 12.4. The van der Waals surface area contributed by atoms with E-state index in [1.807, 2.05) is 6.92 Å². The Kier molecular flexibility index (Phi) is 3.14. The molecule has 0 fully saturated rings. The van der Waals surface area contributed by atoms with E-state index in [4.69, 9.17) is 4.42 Å². The molecule has 1 aliphatic rings. The van der Waals surface area contributed by atoms with Crippen LogP contribution in [0.25, 0.3) is 0 Å². The van der Waals surface area contributed by atoms with Crippen molar-refractivity contribution in [1.29, 1.82) is 0 Å². The van der Waals surface area contributed by atoms with Gasteiger partial charge >= 0.3 is 0 Å². The quantitative estimate of drug-likeness (QED) is 0.938. The number of furan rings is 1. The highest BCUT2D eigenvalue weighted by Crippen LogP contribution is 2.21. The number of nitrogens with zero attached hydrogens (tertiary/aromatic N) is 3. The molecule has 1 atom stereocenters. The number of hydrogen-bond donors (Lipinski definition) is 1. The second kappa shape index (κ2) is 4.80. The smallest absolute Gasteiger partial charge is 0.256 e. The Morgan fingerprint density at radius 3 is 3.16 bits per heavy atom. The zero-order chi connectivity index (χ0) is 13.4. The summed E-state index contributed by atoms with van der Waals surface area (Å²) < 4.78 is 7.57. The predicted molar refractivity (Wildman–Crippen MR) is 70.6 cm³/mol. The van der Waals surface area contributed by atoms with E-state index in [1.54, 1.807) is 6.07 Å². The molecule has 2 aromatic rings. The zero-order valence-corrected chi connectivity index (χ0v) is 12.0. The summed E-state index contributed by atoms with van der Waals surface area (Å²) in [4.78, 5) is 12.1. The highest BCUT2D eigenvalue weighted by Gasteiger charge is 2.23. The van der Waals surface area contributed by atoms with Crippen LogP contribution in [0.4, 0.5) is 0 Å². The molecule has 1 aliphatic heterocycles.